The lowest BCUT2D eigenvalue weighted by atomic mass is 10.1. The van der Waals surface area contributed by atoms with Crippen molar-refractivity contribution in [2.24, 2.45) is 0 Å². The number of nitrogen functional groups attached to an aromatic ring is 1. The fourth-order valence-corrected chi connectivity index (χ4v) is 2.43. The Morgan fingerprint density at radius 2 is 1.95 bits per heavy atom. The van der Waals surface area contributed by atoms with Gasteiger partial charge in [-0.15, -0.1) is 0 Å². The van der Waals surface area contributed by atoms with Crippen molar-refractivity contribution in [3.05, 3.63) is 64.8 Å². The van der Waals surface area contributed by atoms with Gasteiger partial charge in [-0.3, -0.25) is 4.98 Å². The van der Waals surface area contributed by atoms with E-state index in [4.69, 9.17) is 10.5 Å². The summed E-state index contributed by atoms with van der Waals surface area (Å²) < 4.78 is 6.73. The van der Waals surface area contributed by atoms with E-state index in [2.05, 4.69) is 20.9 Å². The Labute approximate surface area is 125 Å². The molecule has 0 atom stereocenters. The molecule has 0 fully saturated rings. The van der Waals surface area contributed by atoms with Crippen LogP contribution >= 0.6 is 15.9 Å². The highest BCUT2D eigenvalue weighted by Gasteiger charge is 2.05. The second kappa shape index (κ2) is 5.51. The van der Waals surface area contributed by atoms with Crippen LogP contribution in [-0.2, 0) is 6.61 Å². The number of rotatable bonds is 3. The minimum atomic E-state index is 0.455. The topological polar surface area (TPSA) is 48.1 Å². The highest BCUT2D eigenvalue weighted by molar-refractivity contribution is 9.10. The lowest BCUT2D eigenvalue weighted by Gasteiger charge is -2.10. The van der Waals surface area contributed by atoms with Crippen LogP contribution in [0.25, 0.3) is 10.9 Å². The summed E-state index contributed by atoms with van der Waals surface area (Å²) in [7, 11) is 0. The highest BCUT2D eigenvalue weighted by atomic mass is 79.9. The molecule has 0 amide bonds. The normalized spacial score (nSPS) is 10.7. The van der Waals surface area contributed by atoms with Crippen LogP contribution in [0.1, 0.15) is 5.56 Å². The lowest BCUT2D eigenvalue weighted by Crippen LogP contribution is -1.98. The largest absolute Gasteiger partial charge is 0.488 e. The first-order valence-corrected chi connectivity index (χ1v) is 7.04. The number of hydrogen-bond donors (Lipinski definition) is 1. The maximum absolute atomic E-state index is 5.84. The Bertz CT molecular complexity index is 753. The monoisotopic (exact) mass is 328 g/mol. The van der Waals surface area contributed by atoms with Crippen LogP contribution in [0.4, 0.5) is 5.69 Å². The molecule has 0 unspecified atom stereocenters. The zero-order valence-corrected chi connectivity index (χ0v) is 12.3. The van der Waals surface area contributed by atoms with Gasteiger partial charge in [0.1, 0.15) is 12.4 Å². The summed E-state index contributed by atoms with van der Waals surface area (Å²) >= 11 is 3.46. The van der Waals surface area contributed by atoms with Crippen LogP contribution in [0.15, 0.2) is 59.2 Å². The number of benzene rings is 2. The summed E-state index contributed by atoms with van der Waals surface area (Å²) in [6, 6.07) is 15.6. The maximum atomic E-state index is 5.84. The average molecular weight is 329 g/mol. The van der Waals surface area contributed by atoms with E-state index in [0.29, 0.717) is 12.3 Å². The van der Waals surface area contributed by atoms with Crippen molar-refractivity contribution in [2.75, 3.05) is 5.73 Å². The van der Waals surface area contributed by atoms with Crippen LogP contribution in [0, 0.1) is 0 Å². The number of nitrogens with two attached hydrogens (primary N) is 1. The zero-order chi connectivity index (χ0) is 13.9. The molecular weight excluding hydrogens is 316 g/mol. The van der Waals surface area contributed by atoms with Crippen molar-refractivity contribution >= 4 is 32.5 Å². The van der Waals surface area contributed by atoms with Crippen LogP contribution in [0.2, 0.25) is 0 Å². The predicted molar refractivity (Wildman–Crippen MR) is 84.6 cm³/mol. The Morgan fingerprint density at radius 1 is 1.10 bits per heavy atom. The minimum Gasteiger partial charge on any atom is -0.488 e. The molecule has 0 spiro atoms. The molecule has 20 heavy (non-hydrogen) atoms. The predicted octanol–water partition coefficient (Wildman–Crippen LogP) is 4.16. The molecule has 2 N–H and O–H groups in total. The molecule has 0 aliphatic rings. The van der Waals surface area contributed by atoms with Gasteiger partial charge in [-0.25, -0.2) is 0 Å². The van der Waals surface area contributed by atoms with Gasteiger partial charge in [-0.05, 0) is 34.1 Å². The van der Waals surface area contributed by atoms with Gasteiger partial charge in [0.15, 0.2) is 0 Å². The number of ether oxygens (including phenoxy) is 1. The molecule has 3 rings (SSSR count). The highest BCUT2D eigenvalue weighted by Crippen LogP contribution is 2.28. The second-order valence-electron chi connectivity index (χ2n) is 4.47. The van der Waals surface area contributed by atoms with Crippen molar-refractivity contribution in [3.63, 3.8) is 0 Å². The second-order valence-corrected chi connectivity index (χ2v) is 5.33. The number of fused-ring (bicyclic) bond motifs is 1. The van der Waals surface area contributed by atoms with E-state index in [9.17, 15) is 0 Å². The third-order valence-corrected chi connectivity index (χ3v) is 3.71. The van der Waals surface area contributed by atoms with Gasteiger partial charge >= 0.3 is 0 Å². The fourth-order valence-electron chi connectivity index (χ4n) is 2.07. The molecule has 0 saturated heterocycles. The number of anilines is 1. The Hall–Kier alpha value is -2.07. The van der Waals surface area contributed by atoms with Gasteiger partial charge in [0, 0.05) is 28.9 Å². The number of hydrogen-bond acceptors (Lipinski definition) is 3. The molecule has 1 aromatic heterocycles. The number of halogens is 1. The molecule has 3 aromatic rings. The number of aromatic nitrogens is 1. The molecular formula is C16H13BrN2O. The summed E-state index contributed by atoms with van der Waals surface area (Å²) in [5, 5.41) is 1.11. The molecule has 0 aliphatic carbocycles. The standard InChI is InChI=1S/C16H13BrN2O/c17-14-7-6-13(18)9-15(14)20-10-12-4-1-3-11-5-2-8-19-16(11)12/h1-9H,10,18H2. The summed E-state index contributed by atoms with van der Waals surface area (Å²) in [6.07, 6.45) is 1.79. The first kappa shape index (κ1) is 12.9. The van der Waals surface area contributed by atoms with Crippen LogP contribution in [-0.4, -0.2) is 4.98 Å². The molecule has 0 radical (unpaired) electrons. The SMILES string of the molecule is Nc1ccc(Br)c(OCc2cccc3cccnc23)c1. The van der Waals surface area contributed by atoms with Crippen molar-refractivity contribution in [1.82, 2.24) is 4.98 Å². The van der Waals surface area contributed by atoms with E-state index in [1.165, 1.54) is 0 Å². The first-order valence-electron chi connectivity index (χ1n) is 6.24. The van der Waals surface area contributed by atoms with Gasteiger partial charge in [0.05, 0.1) is 9.99 Å². The first-order chi connectivity index (χ1) is 9.74. The molecule has 1 heterocycles. The number of nitrogens with zero attached hydrogens (tertiary/aromatic N) is 1. The Kier molecular flexibility index (Phi) is 3.56. The van der Waals surface area contributed by atoms with Crippen LogP contribution in [0.3, 0.4) is 0 Å². The van der Waals surface area contributed by atoms with E-state index >= 15 is 0 Å². The smallest absolute Gasteiger partial charge is 0.136 e. The van der Waals surface area contributed by atoms with Crippen molar-refractivity contribution < 1.29 is 4.74 Å². The lowest BCUT2D eigenvalue weighted by molar-refractivity contribution is 0.305. The molecule has 3 nitrogen and oxygen atoms in total. The summed E-state index contributed by atoms with van der Waals surface area (Å²) in [5.41, 5.74) is 8.47. The summed E-state index contributed by atoms with van der Waals surface area (Å²) in [4.78, 5) is 4.42. The van der Waals surface area contributed by atoms with Gasteiger partial charge in [0.2, 0.25) is 0 Å². The molecule has 2 aromatic carbocycles. The van der Waals surface area contributed by atoms with Gasteiger partial charge < -0.3 is 10.5 Å². The average Bonchev–Trinajstić information content (AvgIpc) is 2.48. The summed E-state index contributed by atoms with van der Waals surface area (Å²) in [6.45, 7) is 0.455. The molecule has 0 saturated carbocycles. The summed E-state index contributed by atoms with van der Waals surface area (Å²) in [5.74, 6) is 0.734. The van der Waals surface area contributed by atoms with Crippen molar-refractivity contribution in [2.45, 2.75) is 6.61 Å². The van der Waals surface area contributed by atoms with Crippen molar-refractivity contribution in [3.8, 4) is 5.75 Å². The quantitative estimate of drug-likeness (QED) is 0.734. The minimum absolute atomic E-state index is 0.455. The van der Waals surface area contributed by atoms with Crippen LogP contribution < -0.4 is 10.5 Å². The van der Waals surface area contributed by atoms with E-state index in [0.717, 1.165) is 26.7 Å². The van der Waals surface area contributed by atoms with Crippen LogP contribution in [0.5, 0.6) is 5.75 Å². The molecule has 0 bridgehead atoms. The number of para-hydroxylation sites is 1. The Balaban J connectivity index is 1.89. The third kappa shape index (κ3) is 2.60. The van der Waals surface area contributed by atoms with E-state index in [-0.39, 0.29) is 0 Å². The zero-order valence-electron chi connectivity index (χ0n) is 10.7. The third-order valence-electron chi connectivity index (χ3n) is 3.05. The van der Waals surface area contributed by atoms with Gasteiger partial charge in [-0.2, -0.15) is 0 Å². The van der Waals surface area contributed by atoms with Gasteiger partial charge in [0.25, 0.3) is 0 Å². The molecule has 100 valence electrons. The van der Waals surface area contributed by atoms with Gasteiger partial charge in [-0.1, -0.05) is 24.3 Å². The van der Waals surface area contributed by atoms with E-state index in [1.54, 1.807) is 6.20 Å². The maximum Gasteiger partial charge on any atom is 0.136 e. The Morgan fingerprint density at radius 3 is 2.85 bits per heavy atom. The van der Waals surface area contributed by atoms with Crippen molar-refractivity contribution in [1.29, 1.82) is 0 Å². The van der Waals surface area contributed by atoms with E-state index < -0.39 is 0 Å². The number of pyridine rings is 1. The molecule has 4 heteroatoms. The van der Waals surface area contributed by atoms with E-state index in [1.807, 2.05) is 48.5 Å². The molecule has 0 aliphatic heterocycles. The fraction of sp³-hybridized carbons (Fsp3) is 0.0625.